The lowest BCUT2D eigenvalue weighted by atomic mass is 9.58. The average molecular weight is 304 g/mol. The van der Waals surface area contributed by atoms with E-state index < -0.39 is 28.7 Å². The third-order valence-electron chi connectivity index (χ3n) is 5.19. The van der Waals surface area contributed by atoms with Crippen molar-refractivity contribution in [2.75, 3.05) is 0 Å². The van der Waals surface area contributed by atoms with Crippen LogP contribution in [0.25, 0.3) is 0 Å². The molecular weight excluding hydrogens is 283 g/mol. The van der Waals surface area contributed by atoms with Gasteiger partial charge in [0, 0.05) is 5.56 Å². The first kappa shape index (κ1) is 15.2. The lowest BCUT2D eigenvalue weighted by Crippen LogP contribution is -2.55. The zero-order valence-corrected chi connectivity index (χ0v) is 13.0. The number of rotatable bonds is 1. The molecule has 1 atom stereocenters. The molecule has 0 amide bonds. The van der Waals surface area contributed by atoms with E-state index in [0.29, 0.717) is 18.4 Å². The Morgan fingerprint density at radius 1 is 1.09 bits per heavy atom. The van der Waals surface area contributed by atoms with Crippen molar-refractivity contribution in [2.45, 2.75) is 52.1 Å². The number of ether oxygens (including phenoxy) is 1. The molecule has 3 rings (SSSR count). The van der Waals surface area contributed by atoms with Gasteiger partial charge in [-0.1, -0.05) is 37.5 Å². The monoisotopic (exact) mass is 304 g/mol. The quantitative estimate of drug-likeness (QED) is 0.582. The molecule has 0 bridgehead atoms. The fraction of sp³-hybridized carbons (Fsp3) is 0.556. The number of hydrogen-bond acceptors (Lipinski definition) is 3. The normalized spacial score (nSPS) is 26.8. The number of halogens is 1. The van der Waals surface area contributed by atoms with Crippen LogP contribution in [-0.4, -0.2) is 11.8 Å². The van der Waals surface area contributed by atoms with Crippen LogP contribution >= 0.6 is 0 Å². The van der Waals surface area contributed by atoms with Crippen LogP contribution < -0.4 is 0 Å². The molecule has 2 fully saturated rings. The second kappa shape index (κ2) is 5.18. The zero-order valence-electron chi connectivity index (χ0n) is 13.0. The van der Waals surface area contributed by atoms with Crippen LogP contribution in [0.2, 0.25) is 0 Å². The maximum absolute atomic E-state index is 14.3. The van der Waals surface area contributed by atoms with Gasteiger partial charge in [-0.15, -0.1) is 0 Å². The second-order valence-corrected chi connectivity index (χ2v) is 6.98. The van der Waals surface area contributed by atoms with Crippen LogP contribution in [0, 0.1) is 16.6 Å². The Balaban J connectivity index is 2.12. The van der Waals surface area contributed by atoms with Crippen LogP contribution in [0.1, 0.15) is 57.6 Å². The molecule has 2 aliphatic rings. The lowest BCUT2D eigenvalue weighted by Gasteiger charge is -2.49. The molecule has 1 aliphatic carbocycles. The first-order chi connectivity index (χ1) is 10.4. The Bertz CT molecular complexity index is 615. The smallest absolute Gasteiger partial charge is 0.319 e. The van der Waals surface area contributed by atoms with Crippen molar-refractivity contribution in [1.29, 1.82) is 0 Å². The largest absolute Gasteiger partial charge is 0.456 e. The molecule has 0 aromatic heterocycles. The summed E-state index contributed by atoms with van der Waals surface area (Å²) in [6.45, 7) is 3.23. The van der Waals surface area contributed by atoms with Crippen molar-refractivity contribution in [3.8, 4) is 0 Å². The van der Waals surface area contributed by atoms with Gasteiger partial charge in [-0.2, -0.15) is 0 Å². The topological polar surface area (TPSA) is 43.4 Å². The minimum absolute atomic E-state index is 0.0933. The summed E-state index contributed by atoms with van der Waals surface area (Å²) in [5.41, 5.74) is -1.61. The molecular formula is C18H21FO3. The molecule has 1 spiro atoms. The lowest BCUT2D eigenvalue weighted by molar-refractivity contribution is -0.192. The van der Waals surface area contributed by atoms with Crippen LogP contribution in [0.3, 0.4) is 0 Å². The van der Waals surface area contributed by atoms with E-state index in [9.17, 15) is 14.0 Å². The van der Waals surface area contributed by atoms with Crippen molar-refractivity contribution in [3.63, 3.8) is 0 Å². The van der Waals surface area contributed by atoms with E-state index in [1.165, 1.54) is 6.07 Å². The van der Waals surface area contributed by atoms with Crippen molar-refractivity contribution in [2.24, 2.45) is 10.8 Å². The predicted octanol–water partition coefficient (Wildman–Crippen LogP) is 3.97. The van der Waals surface area contributed by atoms with E-state index in [2.05, 4.69) is 0 Å². The van der Waals surface area contributed by atoms with E-state index in [4.69, 9.17) is 4.74 Å². The minimum atomic E-state index is -1.15. The molecule has 1 aromatic rings. The van der Waals surface area contributed by atoms with Gasteiger partial charge < -0.3 is 4.74 Å². The van der Waals surface area contributed by atoms with Crippen molar-refractivity contribution in [3.05, 3.63) is 35.6 Å². The third kappa shape index (κ3) is 2.08. The summed E-state index contributed by atoms with van der Waals surface area (Å²) >= 11 is 0. The van der Waals surface area contributed by atoms with Gasteiger partial charge in [0.25, 0.3) is 0 Å². The standard InChI is InChI=1S/C18H21FO3/c1-17(2)15(20)18(10-6-3-7-11-18)14(22-16(17)21)12-8-4-5-9-13(12)19/h4-5,8-9,14H,3,6-7,10-11H2,1-2H3/t14-/m0/s1. The Labute approximate surface area is 129 Å². The summed E-state index contributed by atoms with van der Waals surface area (Å²) in [5, 5.41) is 0. The van der Waals surface area contributed by atoms with Crippen molar-refractivity contribution >= 4 is 11.8 Å². The summed E-state index contributed by atoms with van der Waals surface area (Å²) < 4.78 is 19.9. The van der Waals surface area contributed by atoms with Gasteiger partial charge in [0.1, 0.15) is 17.3 Å². The number of benzene rings is 1. The highest BCUT2D eigenvalue weighted by atomic mass is 19.1. The zero-order chi connectivity index (χ0) is 16.0. The maximum atomic E-state index is 14.3. The average Bonchev–Trinajstić information content (AvgIpc) is 2.52. The molecule has 1 heterocycles. The van der Waals surface area contributed by atoms with Crippen LogP contribution in [0.4, 0.5) is 4.39 Å². The molecule has 0 radical (unpaired) electrons. The van der Waals surface area contributed by atoms with E-state index in [1.54, 1.807) is 32.0 Å². The molecule has 0 unspecified atom stereocenters. The fourth-order valence-corrected chi connectivity index (χ4v) is 3.92. The summed E-state index contributed by atoms with van der Waals surface area (Å²) in [6.07, 6.45) is 3.38. The van der Waals surface area contributed by atoms with E-state index in [0.717, 1.165) is 19.3 Å². The summed E-state index contributed by atoms with van der Waals surface area (Å²) in [4.78, 5) is 25.4. The molecule has 4 heteroatoms. The predicted molar refractivity (Wildman–Crippen MR) is 79.5 cm³/mol. The molecule has 22 heavy (non-hydrogen) atoms. The molecule has 1 aromatic carbocycles. The van der Waals surface area contributed by atoms with Crippen LogP contribution in [0.15, 0.2) is 24.3 Å². The van der Waals surface area contributed by atoms with E-state index in [-0.39, 0.29) is 5.78 Å². The number of cyclic esters (lactones) is 1. The maximum Gasteiger partial charge on any atom is 0.319 e. The van der Waals surface area contributed by atoms with Gasteiger partial charge in [0.2, 0.25) is 0 Å². The Kier molecular flexibility index (Phi) is 3.58. The van der Waals surface area contributed by atoms with E-state index >= 15 is 0 Å². The molecule has 0 N–H and O–H groups in total. The SMILES string of the molecule is CC1(C)C(=O)O[C@@H](c2ccccc2F)C2(CCCCC2)C1=O. The summed E-state index contributed by atoms with van der Waals surface area (Å²) in [6, 6.07) is 6.29. The molecule has 118 valence electrons. The highest BCUT2D eigenvalue weighted by Gasteiger charge is 2.60. The van der Waals surface area contributed by atoms with Gasteiger partial charge in [-0.25, -0.2) is 4.39 Å². The van der Waals surface area contributed by atoms with Gasteiger partial charge in [0.15, 0.2) is 5.78 Å². The highest BCUT2D eigenvalue weighted by Crippen LogP contribution is 2.55. The number of Topliss-reactive ketones (excluding diaryl/α,β-unsaturated/α-hetero) is 1. The minimum Gasteiger partial charge on any atom is -0.456 e. The van der Waals surface area contributed by atoms with Gasteiger partial charge >= 0.3 is 5.97 Å². The van der Waals surface area contributed by atoms with Crippen LogP contribution in [-0.2, 0) is 14.3 Å². The number of carbonyl (C=O) groups excluding carboxylic acids is 2. The summed E-state index contributed by atoms with van der Waals surface area (Å²) in [5.74, 6) is -1.07. The van der Waals surface area contributed by atoms with Crippen LogP contribution in [0.5, 0.6) is 0 Å². The highest BCUT2D eigenvalue weighted by molar-refractivity contribution is 6.08. The summed E-state index contributed by atoms with van der Waals surface area (Å²) in [7, 11) is 0. The third-order valence-corrected chi connectivity index (χ3v) is 5.19. The molecule has 1 aliphatic heterocycles. The Hall–Kier alpha value is -1.71. The second-order valence-electron chi connectivity index (χ2n) is 6.98. The van der Waals surface area contributed by atoms with Gasteiger partial charge in [0.05, 0.1) is 5.41 Å². The van der Waals surface area contributed by atoms with Crippen molar-refractivity contribution < 1.29 is 18.7 Å². The van der Waals surface area contributed by atoms with Crippen molar-refractivity contribution in [1.82, 2.24) is 0 Å². The molecule has 1 saturated heterocycles. The fourth-order valence-electron chi connectivity index (χ4n) is 3.92. The molecule has 3 nitrogen and oxygen atoms in total. The first-order valence-corrected chi connectivity index (χ1v) is 7.90. The first-order valence-electron chi connectivity index (χ1n) is 7.90. The Morgan fingerprint density at radius 3 is 2.36 bits per heavy atom. The van der Waals surface area contributed by atoms with Gasteiger partial charge in [-0.05, 0) is 32.8 Å². The number of ketones is 1. The number of carbonyl (C=O) groups is 2. The number of esters is 1. The molecule has 1 saturated carbocycles. The Morgan fingerprint density at radius 2 is 1.73 bits per heavy atom. The number of hydrogen-bond donors (Lipinski definition) is 0. The van der Waals surface area contributed by atoms with Gasteiger partial charge in [-0.3, -0.25) is 9.59 Å². The van der Waals surface area contributed by atoms with E-state index in [1.807, 2.05) is 0 Å².